The number of aryl methyl sites for hydroxylation is 1. The molecule has 2 heterocycles. The molecule has 0 saturated heterocycles. The van der Waals surface area contributed by atoms with Crippen LogP contribution in [0.15, 0.2) is 35.1 Å². The molecule has 1 N–H and O–H groups in total. The van der Waals surface area contributed by atoms with Crippen molar-refractivity contribution in [1.82, 2.24) is 14.7 Å². The van der Waals surface area contributed by atoms with E-state index in [0.717, 1.165) is 16.8 Å². The van der Waals surface area contributed by atoms with E-state index in [1.807, 2.05) is 30.3 Å². The van der Waals surface area contributed by atoms with E-state index in [0.29, 0.717) is 19.5 Å². The van der Waals surface area contributed by atoms with Crippen molar-refractivity contribution < 1.29 is 9.53 Å². The number of benzene rings is 1. The molecule has 1 aliphatic heterocycles. The van der Waals surface area contributed by atoms with Crippen LogP contribution in [0, 0.1) is 0 Å². The monoisotopic (exact) mass is 287 g/mol. The van der Waals surface area contributed by atoms with Gasteiger partial charge in [0.05, 0.1) is 12.2 Å². The second-order valence-electron chi connectivity index (χ2n) is 5.14. The molecule has 1 aliphatic rings. The van der Waals surface area contributed by atoms with Gasteiger partial charge in [-0.3, -0.25) is 14.6 Å². The lowest BCUT2D eigenvalue weighted by molar-refractivity contribution is 0.0913. The Hall–Kier alpha value is -2.50. The standard InChI is InChI=1S/C15H17N3O3/c1-17-14(19)12-7-8-18(9-13(12)16-17)15(20)21-10-11-5-3-2-4-6-11/h2-6,16H,7-10H2,1H3. The maximum atomic E-state index is 12.1. The first-order chi connectivity index (χ1) is 10.1. The van der Waals surface area contributed by atoms with Gasteiger partial charge >= 0.3 is 6.09 Å². The molecule has 0 atom stereocenters. The molecular weight excluding hydrogens is 270 g/mol. The van der Waals surface area contributed by atoms with E-state index in [1.54, 1.807) is 11.9 Å². The summed E-state index contributed by atoms with van der Waals surface area (Å²) in [6.45, 7) is 1.15. The van der Waals surface area contributed by atoms with Gasteiger partial charge in [0.15, 0.2) is 0 Å². The summed E-state index contributed by atoms with van der Waals surface area (Å²) in [5.41, 5.74) is 2.51. The number of amides is 1. The molecule has 21 heavy (non-hydrogen) atoms. The van der Waals surface area contributed by atoms with Gasteiger partial charge in [-0.05, 0) is 12.0 Å². The van der Waals surface area contributed by atoms with E-state index in [2.05, 4.69) is 5.10 Å². The quantitative estimate of drug-likeness (QED) is 0.908. The molecule has 0 saturated carbocycles. The Morgan fingerprint density at radius 3 is 2.86 bits per heavy atom. The molecule has 0 fully saturated rings. The lowest BCUT2D eigenvalue weighted by Gasteiger charge is -2.25. The number of ether oxygens (including phenoxy) is 1. The molecule has 3 rings (SSSR count). The highest BCUT2D eigenvalue weighted by Crippen LogP contribution is 2.15. The van der Waals surface area contributed by atoms with Crippen LogP contribution in [0.1, 0.15) is 16.8 Å². The molecule has 0 bridgehead atoms. The van der Waals surface area contributed by atoms with Crippen molar-refractivity contribution in [1.29, 1.82) is 0 Å². The van der Waals surface area contributed by atoms with Gasteiger partial charge in [0.25, 0.3) is 5.56 Å². The topological polar surface area (TPSA) is 67.3 Å². The van der Waals surface area contributed by atoms with Crippen molar-refractivity contribution in [3.05, 3.63) is 57.5 Å². The Bertz CT molecular complexity index is 703. The predicted molar refractivity (Wildman–Crippen MR) is 76.8 cm³/mol. The van der Waals surface area contributed by atoms with Crippen molar-refractivity contribution in [2.75, 3.05) is 6.54 Å². The highest BCUT2D eigenvalue weighted by atomic mass is 16.6. The molecule has 0 unspecified atom stereocenters. The van der Waals surface area contributed by atoms with Crippen molar-refractivity contribution in [3.63, 3.8) is 0 Å². The number of hydrogen-bond donors (Lipinski definition) is 1. The van der Waals surface area contributed by atoms with E-state index in [4.69, 9.17) is 4.74 Å². The number of aromatic amines is 1. The van der Waals surface area contributed by atoms with Crippen molar-refractivity contribution in [2.45, 2.75) is 19.6 Å². The van der Waals surface area contributed by atoms with Crippen LogP contribution in [0.2, 0.25) is 0 Å². The Balaban J connectivity index is 1.63. The first-order valence-corrected chi connectivity index (χ1v) is 6.87. The molecule has 6 nitrogen and oxygen atoms in total. The van der Waals surface area contributed by atoms with Gasteiger partial charge in [-0.25, -0.2) is 4.79 Å². The number of hydrogen-bond acceptors (Lipinski definition) is 3. The number of carbonyl (C=O) groups is 1. The minimum Gasteiger partial charge on any atom is -0.445 e. The first kappa shape index (κ1) is 13.5. The van der Waals surface area contributed by atoms with Crippen LogP contribution in [-0.4, -0.2) is 27.3 Å². The van der Waals surface area contributed by atoms with Gasteiger partial charge in [0, 0.05) is 19.2 Å². The Morgan fingerprint density at radius 1 is 1.33 bits per heavy atom. The fraction of sp³-hybridized carbons (Fsp3) is 0.333. The second kappa shape index (κ2) is 5.47. The number of H-pyrrole nitrogens is 1. The highest BCUT2D eigenvalue weighted by Gasteiger charge is 2.25. The maximum absolute atomic E-state index is 12.1. The van der Waals surface area contributed by atoms with Crippen molar-refractivity contribution >= 4 is 6.09 Å². The van der Waals surface area contributed by atoms with Crippen LogP contribution in [0.5, 0.6) is 0 Å². The molecule has 110 valence electrons. The maximum Gasteiger partial charge on any atom is 0.410 e. The van der Waals surface area contributed by atoms with Gasteiger partial charge in [0.2, 0.25) is 0 Å². The fourth-order valence-electron chi connectivity index (χ4n) is 2.52. The number of nitrogens with one attached hydrogen (secondary N) is 1. The lowest BCUT2D eigenvalue weighted by Crippen LogP contribution is -2.37. The molecule has 0 radical (unpaired) electrons. The van der Waals surface area contributed by atoms with Crippen molar-refractivity contribution in [2.24, 2.45) is 7.05 Å². The molecular formula is C15H17N3O3. The smallest absolute Gasteiger partial charge is 0.410 e. The minimum atomic E-state index is -0.353. The summed E-state index contributed by atoms with van der Waals surface area (Å²) < 4.78 is 6.76. The van der Waals surface area contributed by atoms with E-state index >= 15 is 0 Å². The zero-order chi connectivity index (χ0) is 14.8. The summed E-state index contributed by atoms with van der Waals surface area (Å²) in [6.07, 6.45) is 0.209. The summed E-state index contributed by atoms with van der Waals surface area (Å²) in [5.74, 6) is 0. The third-order valence-electron chi connectivity index (χ3n) is 3.67. The minimum absolute atomic E-state index is 0.0118. The molecule has 2 aromatic rings. The molecule has 6 heteroatoms. The third kappa shape index (κ3) is 2.69. The molecule has 1 aromatic heterocycles. The zero-order valence-electron chi connectivity index (χ0n) is 11.8. The van der Waals surface area contributed by atoms with E-state index in [1.165, 1.54) is 4.68 Å². The third-order valence-corrected chi connectivity index (χ3v) is 3.67. The Morgan fingerprint density at radius 2 is 2.10 bits per heavy atom. The SMILES string of the molecule is Cn1[nH]c2c(c1=O)CCN(C(=O)OCc1ccccc1)C2. The molecule has 0 spiro atoms. The van der Waals surface area contributed by atoms with E-state index in [-0.39, 0.29) is 18.3 Å². The van der Waals surface area contributed by atoms with Gasteiger partial charge in [-0.2, -0.15) is 0 Å². The van der Waals surface area contributed by atoms with Crippen LogP contribution in [0.4, 0.5) is 4.79 Å². The van der Waals surface area contributed by atoms with Crippen LogP contribution < -0.4 is 5.56 Å². The number of fused-ring (bicyclic) bond motifs is 1. The first-order valence-electron chi connectivity index (χ1n) is 6.87. The zero-order valence-corrected chi connectivity index (χ0v) is 11.8. The molecule has 1 aromatic carbocycles. The number of carbonyl (C=O) groups excluding carboxylic acids is 1. The number of nitrogens with zero attached hydrogens (tertiary/aromatic N) is 2. The predicted octanol–water partition coefficient (Wildman–Crippen LogP) is 1.41. The van der Waals surface area contributed by atoms with Crippen LogP contribution in [-0.2, 0) is 31.4 Å². The normalized spacial score (nSPS) is 13.9. The van der Waals surface area contributed by atoms with Gasteiger partial charge in [-0.15, -0.1) is 0 Å². The Labute approximate surface area is 121 Å². The summed E-state index contributed by atoms with van der Waals surface area (Å²) in [6, 6.07) is 9.56. The summed E-state index contributed by atoms with van der Waals surface area (Å²) in [5, 5.41) is 2.98. The van der Waals surface area contributed by atoms with Crippen LogP contribution in [0.3, 0.4) is 0 Å². The van der Waals surface area contributed by atoms with E-state index < -0.39 is 0 Å². The van der Waals surface area contributed by atoms with Crippen LogP contribution >= 0.6 is 0 Å². The average Bonchev–Trinajstić information content (AvgIpc) is 2.80. The van der Waals surface area contributed by atoms with Crippen molar-refractivity contribution in [3.8, 4) is 0 Å². The van der Waals surface area contributed by atoms with Crippen LogP contribution in [0.25, 0.3) is 0 Å². The van der Waals surface area contributed by atoms with E-state index in [9.17, 15) is 9.59 Å². The second-order valence-corrected chi connectivity index (χ2v) is 5.14. The highest BCUT2D eigenvalue weighted by molar-refractivity contribution is 5.68. The van der Waals surface area contributed by atoms with Gasteiger partial charge in [-0.1, -0.05) is 30.3 Å². The lowest BCUT2D eigenvalue weighted by atomic mass is 10.1. The summed E-state index contributed by atoms with van der Waals surface area (Å²) in [4.78, 5) is 25.5. The van der Waals surface area contributed by atoms with Gasteiger partial charge in [0.1, 0.15) is 6.61 Å². The number of rotatable bonds is 2. The van der Waals surface area contributed by atoms with Gasteiger partial charge < -0.3 is 9.64 Å². The summed E-state index contributed by atoms with van der Waals surface area (Å²) >= 11 is 0. The Kier molecular flexibility index (Phi) is 3.51. The average molecular weight is 287 g/mol. The summed E-state index contributed by atoms with van der Waals surface area (Å²) in [7, 11) is 1.68. The number of aromatic nitrogens is 2. The molecule has 0 aliphatic carbocycles. The fourth-order valence-corrected chi connectivity index (χ4v) is 2.52. The molecule has 1 amide bonds. The largest absolute Gasteiger partial charge is 0.445 e.